The van der Waals surface area contributed by atoms with E-state index in [2.05, 4.69) is 36.0 Å². The predicted octanol–water partition coefficient (Wildman–Crippen LogP) is 3.73. The summed E-state index contributed by atoms with van der Waals surface area (Å²) in [5, 5.41) is 4.63. The molecule has 1 aromatic heterocycles. The Kier molecular flexibility index (Phi) is 7.02. The summed E-state index contributed by atoms with van der Waals surface area (Å²) < 4.78 is 19.3. The van der Waals surface area contributed by atoms with E-state index < -0.39 is 0 Å². The molecule has 2 heterocycles. The van der Waals surface area contributed by atoms with Crippen LogP contribution in [0.15, 0.2) is 29.3 Å². The minimum atomic E-state index is -0.231. The second-order valence-electron chi connectivity index (χ2n) is 7.08. The first-order valence-corrected chi connectivity index (χ1v) is 10.6. The number of guanidine groups is 1. The number of nitrogens with zero attached hydrogens (tertiary/aromatic N) is 3. The van der Waals surface area contributed by atoms with Crippen molar-refractivity contribution in [1.82, 2.24) is 15.2 Å². The summed E-state index contributed by atoms with van der Waals surface area (Å²) in [6.45, 7) is 8.58. The zero-order chi connectivity index (χ0) is 20.1. The topological polar surface area (TPSA) is 49.8 Å². The second-order valence-corrected chi connectivity index (χ2v) is 8.37. The Hall–Kier alpha value is -1.99. The van der Waals surface area contributed by atoms with E-state index in [4.69, 9.17) is 9.72 Å². The van der Waals surface area contributed by atoms with Gasteiger partial charge in [-0.05, 0) is 38.0 Å². The molecular formula is C21H29FN4OS. The fourth-order valence-electron chi connectivity index (χ4n) is 3.52. The number of halogens is 1. The van der Waals surface area contributed by atoms with Gasteiger partial charge in [0.1, 0.15) is 11.9 Å². The van der Waals surface area contributed by atoms with Crippen LogP contribution in [0, 0.1) is 12.7 Å². The van der Waals surface area contributed by atoms with Gasteiger partial charge in [-0.1, -0.05) is 19.1 Å². The molecule has 28 heavy (non-hydrogen) atoms. The lowest BCUT2D eigenvalue weighted by Gasteiger charge is -2.38. The summed E-state index contributed by atoms with van der Waals surface area (Å²) in [7, 11) is 1.80. The molecule has 5 nitrogen and oxygen atoms in total. The molecule has 0 amide bonds. The van der Waals surface area contributed by atoms with E-state index in [0.717, 1.165) is 42.5 Å². The minimum Gasteiger partial charge on any atom is -0.367 e. The smallest absolute Gasteiger partial charge is 0.193 e. The number of rotatable bonds is 5. The highest BCUT2D eigenvalue weighted by atomic mass is 32.1. The molecule has 0 spiro atoms. The number of thiazole rings is 1. The first-order chi connectivity index (χ1) is 13.5. The monoisotopic (exact) mass is 404 g/mol. The molecule has 1 aliphatic rings. The van der Waals surface area contributed by atoms with Gasteiger partial charge in [0.15, 0.2) is 5.96 Å². The number of hydrogen-bond acceptors (Lipinski definition) is 4. The van der Waals surface area contributed by atoms with Gasteiger partial charge in [0, 0.05) is 31.4 Å². The van der Waals surface area contributed by atoms with Crippen molar-refractivity contribution in [2.45, 2.75) is 45.8 Å². The maximum atomic E-state index is 13.2. The van der Waals surface area contributed by atoms with Crippen LogP contribution in [-0.4, -0.2) is 48.6 Å². The van der Waals surface area contributed by atoms with Gasteiger partial charge in [0.05, 0.1) is 23.4 Å². The average Bonchev–Trinajstić information content (AvgIpc) is 3.05. The Balaban J connectivity index is 1.60. The molecule has 2 unspecified atom stereocenters. The van der Waals surface area contributed by atoms with Crippen molar-refractivity contribution in [3.63, 3.8) is 0 Å². The van der Waals surface area contributed by atoms with Gasteiger partial charge in [0.2, 0.25) is 0 Å². The van der Waals surface area contributed by atoms with Gasteiger partial charge in [0.25, 0.3) is 0 Å². The van der Waals surface area contributed by atoms with E-state index in [-0.39, 0.29) is 18.0 Å². The molecule has 1 aromatic carbocycles. The Bertz CT molecular complexity index is 805. The lowest BCUT2D eigenvalue weighted by atomic mass is 10.1. The van der Waals surface area contributed by atoms with Crippen molar-refractivity contribution in [3.8, 4) is 0 Å². The first kappa shape index (κ1) is 20.7. The van der Waals surface area contributed by atoms with E-state index in [1.165, 1.54) is 22.7 Å². The number of aryl methyl sites for hydroxylation is 2. The lowest BCUT2D eigenvalue weighted by Crippen LogP contribution is -2.51. The zero-order valence-corrected chi connectivity index (χ0v) is 17.9. The number of ether oxygens (including phenoxy) is 1. The van der Waals surface area contributed by atoms with Crippen molar-refractivity contribution in [3.05, 3.63) is 51.2 Å². The van der Waals surface area contributed by atoms with Crippen LogP contribution in [0.2, 0.25) is 0 Å². The van der Waals surface area contributed by atoms with Gasteiger partial charge < -0.3 is 15.0 Å². The third-order valence-corrected chi connectivity index (χ3v) is 5.98. The van der Waals surface area contributed by atoms with Crippen LogP contribution in [0.5, 0.6) is 0 Å². The molecule has 2 atom stereocenters. The van der Waals surface area contributed by atoms with Crippen LogP contribution >= 0.6 is 11.3 Å². The van der Waals surface area contributed by atoms with Gasteiger partial charge >= 0.3 is 0 Å². The number of morpholine rings is 1. The van der Waals surface area contributed by atoms with Crippen LogP contribution in [-0.2, 0) is 17.6 Å². The maximum Gasteiger partial charge on any atom is 0.193 e. The second kappa shape index (κ2) is 9.47. The van der Waals surface area contributed by atoms with Crippen molar-refractivity contribution in [2.75, 3.05) is 26.7 Å². The van der Waals surface area contributed by atoms with E-state index in [1.54, 1.807) is 30.5 Å². The first-order valence-electron chi connectivity index (χ1n) is 9.81. The van der Waals surface area contributed by atoms with Crippen LogP contribution in [0.1, 0.15) is 41.1 Å². The summed E-state index contributed by atoms with van der Waals surface area (Å²) in [5.41, 5.74) is 2.19. The quantitative estimate of drug-likeness (QED) is 0.609. The maximum absolute atomic E-state index is 13.2. The highest BCUT2D eigenvalue weighted by molar-refractivity contribution is 7.11. The summed E-state index contributed by atoms with van der Waals surface area (Å²) in [6.07, 6.45) is 1.83. The van der Waals surface area contributed by atoms with Gasteiger partial charge in [-0.15, -0.1) is 11.3 Å². The molecule has 1 aliphatic heterocycles. The molecule has 0 bridgehead atoms. The fourth-order valence-corrected chi connectivity index (χ4v) is 4.54. The predicted molar refractivity (Wildman–Crippen MR) is 113 cm³/mol. The molecule has 2 aromatic rings. The summed E-state index contributed by atoms with van der Waals surface area (Å²) in [6, 6.07) is 6.55. The molecule has 1 N–H and O–H groups in total. The average molecular weight is 405 g/mol. The fraction of sp³-hybridized carbons (Fsp3) is 0.524. The molecule has 1 saturated heterocycles. The number of benzene rings is 1. The van der Waals surface area contributed by atoms with Crippen LogP contribution < -0.4 is 5.32 Å². The standard InChI is InChI=1S/C21H29FN4OS/c1-5-18-15(3)28-20(25-18)10-11-24-21(23-4)26-12-14(2)27-19(13-26)16-6-8-17(22)9-7-16/h6-9,14,19H,5,10-13H2,1-4H3,(H,23,24). The van der Waals surface area contributed by atoms with E-state index >= 15 is 0 Å². The molecule has 1 fully saturated rings. The molecule has 0 radical (unpaired) electrons. The number of aliphatic imine (C=N–C) groups is 1. The Morgan fingerprint density at radius 3 is 2.75 bits per heavy atom. The van der Waals surface area contributed by atoms with E-state index in [1.807, 2.05) is 0 Å². The molecule has 0 aliphatic carbocycles. The van der Waals surface area contributed by atoms with Gasteiger partial charge in [-0.2, -0.15) is 0 Å². The molecule has 7 heteroatoms. The third kappa shape index (κ3) is 5.08. The molecule has 0 saturated carbocycles. The molecular weight excluding hydrogens is 375 g/mol. The van der Waals surface area contributed by atoms with Crippen molar-refractivity contribution < 1.29 is 9.13 Å². The SMILES string of the molecule is CCc1nc(CCNC(=NC)N2CC(C)OC(c3ccc(F)cc3)C2)sc1C. The highest BCUT2D eigenvalue weighted by Crippen LogP contribution is 2.25. The van der Waals surface area contributed by atoms with Gasteiger partial charge in [-0.3, -0.25) is 4.99 Å². The van der Waals surface area contributed by atoms with Crippen molar-refractivity contribution >= 4 is 17.3 Å². The van der Waals surface area contributed by atoms with E-state index in [9.17, 15) is 4.39 Å². The van der Waals surface area contributed by atoms with Crippen LogP contribution in [0.4, 0.5) is 4.39 Å². The van der Waals surface area contributed by atoms with E-state index in [0.29, 0.717) is 6.54 Å². The molecule has 152 valence electrons. The molecule has 3 rings (SSSR count). The minimum absolute atomic E-state index is 0.0658. The highest BCUT2D eigenvalue weighted by Gasteiger charge is 2.28. The summed E-state index contributed by atoms with van der Waals surface area (Å²) in [5.74, 6) is 0.636. The largest absolute Gasteiger partial charge is 0.367 e. The lowest BCUT2D eigenvalue weighted by molar-refractivity contribution is -0.0604. The Labute approximate surface area is 170 Å². The zero-order valence-electron chi connectivity index (χ0n) is 17.0. The Morgan fingerprint density at radius 1 is 1.36 bits per heavy atom. The third-order valence-electron chi connectivity index (χ3n) is 4.91. The normalized spacial score (nSPS) is 20.5. The van der Waals surface area contributed by atoms with Crippen molar-refractivity contribution in [1.29, 1.82) is 0 Å². The van der Waals surface area contributed by atoms with Crippen molar-refractivity contribution in [2.24, 2.45) is 4.99 Å². The van der Waals surface area contributed by atoms with Gasteiger partial charge in [-0.25, -0.2) is 9.37 Å². The summed E-state index contributed by atoms with van der Waals surface area (Å²) >= 11 is 1.78. The summed E-state index contributed by atoms with van der Waals surface area (Å²) in [4.78, 5) is 12.7. The number of hydrogen-bond donors (Lipinski definition) is 1. The number of nitrogens with one attached hydrogen (secondary N) is 1. The van der Waals surface area contributed by atoms with Crippen LogP contribution in [0.25, 0.3) is 0 Å². The van der Waals surface area contributed by atoms with Crippen LogP contribution in [0.3, 0.4) is 0 Å². The number of aromatic nitrogens is 1. The Morgan fingerprint density at radius 2 is 2.11 bits per heavy atom.